The number of hydrogen-bond acceptors (Lipinski definition) is 6. The van der Waals surface area contributed by atoms with E-state index >= 15 is 0 Å². The van der Waals surface area contributed by atoms with E-state index in [9.17, 15) is 9.18 Å². The predicted molar refractivity (Wildman–Crippen MR) is 104 cm³/mol. The first-order valence-corrected chi connectivity index (χ1v) is 9.99. The molecule has 0 aromatic carbocycles. The van der Waals surface area contributed by atoms with Gasteiger partial charge in [0.05, 0.1) is 18.4 Å². The quantitative estimate of drug-likeness (QED) is 0.655. The first-order valence-electron chi connectivity index (χ1n) is 9.99. The lowest BCUT2D eigenvalue weighted by Gasteiger charge is -2.37. The fourth-order valence-electron chi connectivity index (χ4n) is 4.52. The number of piperazine rings is 1. The minimum Gasteiger partial charge on any atom is -0.337 e. The average Bonchev–Trinajstić information content (AvgIpc) is 3.34. The monoisotopic (exact) mass is 395 g/mol. The molecule has 2 aliphatic rings. The molecule has 2 aliphatic heterocycles. The number of fused-ring (bicyclic) bond motifs is 2. The van der Waals surface area contributed by atoms with Crippen molar-refractivity contribution in [2.24, 2.45) is 5.92 Å². The Morgan fingerprint density at radius 1 is 1.14 bits per heavy atom. The lowest BCUT2D eigenvalue weighted by Crippen LogP contribution is -2.52. The number of pyridine rings is 1. The molecule has 3 aromatic heterocycles. The fourth-order valence-corrected chi connectivity index (χ4v) is 4.52. The molecule has 5 rings (SSSR count). The lowest BCUT2D eigenvalue weighted by molar-refractivity contribution is -0.132. The second kappa shape index (κ2) is 7.38. The van der Waals surface area contributed by atoms with Crippen LogP contribution in [0.1, 0.15) is 25.0 Å². The van der Waals surface area contributed by atoms with Crippen molar-refractivity contribution in [3.63, 3.8) is 0 Å². The minimum atomic E-state index is -0.440. The SMILES string of the molecule is O=C1[C@@H](CCCc2cccc3ncnn23)C[C@H]2CN(c3ncc(F)cn3)CCN12. The van der Waals surface area contributed by atoms with Crippen molar-refractivity contribution in [2.75, 3.05) is 24.5 Å². The first-order chi connectivity index (χ1) is 14.2. The van der Waals surface area contributed by atoms with E-state index in [4.69, 9.17) is 0 Å². The van der Waals surface area contributed by atoms with Gasteiger partial charge in [-0.2, -0.15) is 5.10 Å². The van der Waals surface area contributed by atoms with E-state index in [0.29, 0.717) is 25.6 Å². The van der Waals surface area contributed by atoms with Gasteiger partial charge in [-0.15, -0.1) is 0 Å². The third-order valence-corrected chi connectivity index (χ3v) is 5.93. The van der Waals surface area contributed by atoms with Crippen LogP contribution >= 0.6 is 0 Å². The Morgan fingerprint density at radius 3 is 2.86 bits per heavy atom. The van der Waals surface area contributed by atoms with Crippen LogP contribution in [0.4, 0.5) is 10.3 Å². The number of rotatable bonds is 5. The van der Waals surface area contributed by atoms with Gasteiger partial charge < -0.3 is 9.80 Å². The van der Waals surface area contributed by atoms with Crippen molar-refractivity contribution < 1.29 is 9.18 Å². The maximum atomic E-state index is 13.1. The smallest absolute Gasteiger partial charge is 0.226 e. The van der Waals surface area contributed by atoms with Crippen LogP contribution in [-0.2, 0) is 11.2 Å². The van der Waals surface area contributed by atoms with Crippen molar-refractivity contribution in [1.29, 1.82) is 0 Å². The number of hydrogen-bond donors (Lipinski definition) is 0. The molecule has 2 atom stereocenters. The second-order valence-corrected chi connectivity index (χ2v) is 7.70. The van der Waals surface area contributed by atoms with Crippen LogP contribution in [0.2, 0.25) is 0 Å². The van der Waals surface area contributed by atoms with Crippen LogP contribution in [0.5, 0.6) is 0 Å². The molecule has 3 aromatic rings. The molecule has 1 amide bonds. The fraction of sp³-hybridized carbons (Fsp3) is 0.450. The van der Waals surface area contributed by atoms with Crippen LogP contribution in [0.25, 0.3) is 5.65 Å². The predicted octanol–water partition coefficient (Wildman–Crippen LogP) is 1.72. The largest absolute Gasteiger partial charge is 0.337 e. The van der Waals surface area contributed by atoms with E-state index in [2.05, 4.69) is 26.1 Å². The lowest BCUT2D eigenvalue weighted by atomic mass is 9.97. The normalized spacial score (nSPS) is 21.8. The molecule has 0 radical (unpaired) electrons. The molecular formula is C20H22FN7O. The van der Waals surface area contributed by atoms with Crippen molar-refractivity contribution in [3.05, 3.63) is 48.4 Å². The molecule has 0 aliphatic carbocycles. The van der Waals surface area contributed by atoms with Gasteiger partial charge in [0.1, 0.15) is 6.33 Å². The zero-order valence-electron chi connectivity index (χ0n) is 16.0. The molecule has 150 valence electrons. The molecule has 0 bridgehead atoms. The molecule has 2 saturated heterocycles. The minimum absolute atomic E-state index is 0.0593. The molecule has 0 N–H and O–H groups in total. The zero-order valence-corrected chi connectivity index (χ0v) is 16.0. The number of amides is 1. The van der Waals surface area contributed by atoms with Gasteiger partial charge in [-0.1, -0.05) is 6.07 Å². The molecule has 0 unspecified atom stereocenters. The van der Waals surface area contributed by atoms with E-state index in [1.807, 2.05) is 26.4 Å². The van der Waals surface area contributed by atoms with Gasteiger partial charge >= 0.3 is 0 Å². The van der Waals surface area contributed by atoms with Crippen molar-refractivity contribution in [3.8, 4) is 0 Å². The van der Waals surface area contributed by atoms with Crippen molar-refractivity contribution in [1.82, 2.24) is 29.5 Å². The Labute approximate surface area is 167 Å². The summed E-state index contributed by atoms with van der Waals surface area (Å²) in [7, 11) is 0. The van der Waals surface area contributed by atoms with Crippen LogP contribution in [0, 0.1) is 11.7 Å². The van der Waals surface area contributed by atoms with Crippen LogP contribution in [0.15, 0.2) is 36.9 Å². The number of anilines is 1. The standard InChI is InChI=1S/C20H22FN7O/c21-15-10-22-20(23-11-15)26-7-8-27-17(12-26)9-14(19(27)29)3-1-4-16-5-2-6-18-24-13-25-28(16)18/h2,5-6,10-11,13-14,17H,1,3-4,7-9,12H2/t14-,17-/m0/s1. The Bertz CT molecular complexity index is 1020. The molecule has 8 nitrogen and oxygen atoms in total. The van der Waals surface area contributed by atoms with Gasteiger partial charge in [-0.25, -0.2) is 23.9 Å². The van der Waals surface area contributed by atoms with E-state index in [-0.39, 0.29) is 17.9 Å². The summed E-state index contributed by atoms with van der Waals surface area (Å²) < 4.78 is 14.9. The van der Waals surface area contributed by atoms with Crippen molar-refractivity contribution >= 4 is 17.5 Å². The van der Waals surface area contributed by atoms with Crippen LogP contribution < -0.4 is 4.90 Å². The Morgan fingerprint density at radius 2 is 2.00 bits per heavy atom. The highest BCUT2D eigenvalue weighted by molar-refractivity contribution is 5.82. The average molecular weight is 395 g/mol. The van der Waals surface area contributed by atoms with Gasteiger partial charge in [-0.3, -0.25) is 4.79 Å². The topological polar surface area (TPSA) is 79.5 Å². The van der Waals surface area contributed by atoms with Gasteiger partial charge in [0.25, 0.3) is 0 Å². The van der Waals surface area contributed by atoms with Crippen LogP contribution in [0.3, 0.4) is 0 Å². The third kappa shape index (κ3) is 3.41. The number of nitrogens with zero attached hydrogens (tertiary/aromatic N) is 7. The maximum absolute atomic E-state index is 13.1. The number of carbonyl (C=O) groups excluding carboxylic acids is 1. The highest BCUT2D eigenvalue weighted by atomic mass is 19.1. The van der Waals surface area contributed by atoms with Gasteiger partial charge in [-0.05, 0) is 37.8 Å². The summed E-state index contributed by atoms with van der Waals surface area (Å²) >= 11 is 0. The number of aryl methyl sites for hydroxylation is 1. The maximum Gasteiger partial charge on any atom is 0.226 e. The summed E-state index contributed by atoms with van der Waals surface area (Å²) in [6.45, 7) is 2.04. The van der Waals surface area contributed by atoms with E-state index in [1.54, 1.807) is 6.33 Å². The van der Waals surface area contributed by atoms with Gasteiger partial charge in [0.2, 0.25) is 11.9 Å². The molecule has 0 saturated carbocycles. The summed E-state index contributed by atoms with van der Waals surface area (Å²) in [6.07, 6.45) is 7.45. The molecule has 9 heteroatoms. The summed E-state index contributed by atoms with van der Waals surface area (Å²) in [5.74, 6) is 0.408. The molecule has 29 heavy (non-hydrogen) atoms. The molecular weight excluding hydrogens is 373 g/mol. The summed E-state index contributed by atoms with van der Waals surface area (Å²) in [6, 6.07) is 6.16. The van der Waals surface area contributed by atoms with E-state index in [0.717, 1.165) is 37.0 Å². The first kappa shape index (κ1) is 18.0. The van der Waals surface area contributed by atoms with Gasteiger partial charge in [0.15, 0.2) is 11.5 Å². The number of halogens is 1. The summed E-state index contributed by atoms with van der Waals surface area (Å²) in [5.41, 5.74) is 1.96. The Kier molecular flexibility index (Phi) is 4.57. The Balaban J connectivity index is 1.19. The van der Waals surface area contributed by atoms with E-state index < -0.39 is 5.82 Å². The number of carbonyl (C=O) groups is 1. The molecule has 0 spiro atoms. The summed E-state index contributed by atoms with van der Waals surface area (Å²) in [4.78, 5) is 29.3. The van der Waals surface area contributed by atoms with Crippen molar-refractivity contribution in [2.45, 2.75) is 31.7 Å². The molecule has 5 heterocycles. The third-order valence-electron chi connectivity index (χ3n) is 5.93. The molecule has 2 fully saturated rings. The van der Waals surface area contributed by atoms with E-state index in [1.165, 1.54) is 12.4 Å². The second-order valence-electron chi connectivity index (χ2n) is 7.70. The summed E-state index contributed by atoms with van der Waals surface area (Å²) in [5, 5.41) is 4.28. The van der Waals surface area contributed by atoms with Gasteiger partial charge in [0, 0.05) is 31.2 Å². The number of aromatic nitrogens is 5. The zero-order chi connectivity index (χ0) is 19.8. The highest BCUT2D eigenvalue weighted by Gasteiger charge is 2.42. The van der Waals surface area contributed by atoms with Crippen LogP contribution in [-0.4, -0.2) is 61.0 Å². The highest BCUT2D eigenvalue weighted by Crippen LogP contribution is 2.32. The Hall–Kier alpha value is -3.10.